The van der Waals surface area contributed by atoms with Gasteiger partial charge < -0.3 is 8.37 Å². The van der Waals surface area contributed by atoms with Crippen molar-refractivity contribution >= 4 is 20.2 Å². The number of benzene rings is 2. The van der Waals surface area contributed by atoms with E-state index in [1.54, 1.807) is 38.1 Å². The van der Waals surface area contributed by atoms with Crippen LogP contribution >= 0.6 is 0 Å². The Kier molecular flexibility index (Phi) is 5.43. The van der Waals surface area contributed by atoms with E-state index in [0.717, 1.165) is 34.8 Å². The van der Waals surface area contributed by atoms with Crippen LogP contribution < -0.4 is 8.37 Å². The fourth-order valence-corrected chi connectivity index (χ4v) is 3.42. The molecule has 0 radical (unpaired) electrons. The predicted molar refractivity (Wildman–Crippen MR) is 96.1 cm³/mol. The predicted octanol–water partition coefficient (Wildman–Crippen LogP) is 2.57. The number of hydrogen-bond donors (Lipinski definition) is 0. The largest absolute Gasteiger partial charge is 0.382 e. The van der Waals surface area contributed by atoms with Crippen molar-refractivity contribution < 1.29 is 25.2 Å². The fourth-order valence-electron chi connectivity index (χ4n) is 2.39. The zero-order valence-electron chi connectivity index (χ0n) is 14.4. The Balaban J connectivity index is 2.20. The van der Waals surface area contributed by atoms with Crippen molar-refractivity contribution in [2.24, 2.45) is 0 Å². The van der Waals surface area contributed by atoms with E-state index in [-0.39, 0.29) is 0 Å². The third-order valence-corrected chi connectivity index (χ3v) is 4.33. The van der Waals surface area contributed by atoms with Crippen LogP contribution in [0.2, 0.25) is 0 Å². The Labute approximate surface area is 148 Å². The molecule has 0 bridgehead atoms. The molecule has 0 amide bonds. The van der Waals surface area contributed by atoms with Gasteiger partial charge in [-0.2, -0.15) is 16.8 Å². The van der Waals surface area contributed by atoms with E-state index >= 15 is 0 Å². The first-order valence-electron chi connectivity index (χ1n) is 7.41. The molecular weight excluding hydrogens is 364 g/mol. The minimum Gasteiger partial charge on any atom is -0.382 e. The summed E-state index contributed by atoms with van der Waals surface area (Å²) in [5.41, 5.74) is 3.40. The van der Waals surface area contributed by atoms with Crippen molar-refractivity contribution in [3.8, 4) is 11.5 Å². The van der Waals surface area contributed by atoms with Gasteiger partial charge in [-0.05, 0) is 54.7 Å². The van der Waals surface area contributed by atoms with Crippen LogP contribution in [0.4, 0.5) is 0 Å². The lowest BCUT2D eigenvalue weighted by molar-refractivity contribution is 0.489. The summed E-state index contributed by atoms with van der Waals surface area (Å²) in [6.07, 6.45) is 2.62. The highest BCUT2D eigenvalue weighted by atomic mass is 32.2. The maximum atomic E-state index is 11.2. The van der Waals surface area contributed by atoms with Crippen molar-refractivity contribution in [2.45, 2.75) is 20.3 Å². The average molecular weight is 384 g/mol. The molecule has 6 nitrogen and oxygen atoms in total. The second kappa shape index (κ2) is 7.05. The van der Waals surface area contributed by atoms with E-state index in [1.807, 2.05) is 12.1 Å². The Morgan fingerprint density at radius 2 is 1.08 bits per heavy atom. The molecule has 0 atom stereocenters. The summed E-state index contributed by atoms with van der Waals surface area (Å²) >= 11 is 0. The Hall–Kier alpha value is -2.06. The highest BCUT2D eigenvalue weighted by Crippen LogP contribution is 2.25. The van der Waals surface area contributed by atoms with Gasteiger partial charge in [0.05, 0.1) is 12.5 Å². The van der Waals surface area contributed by atoms with E-state index in [0.29, 0.717) is 17.9 Å². The first-order chi connectivity index (χ1) is 11.4. The number of hydrogen-bond acceptors (Lipinski definition) is 6. The third kappa shape index (κ3) is 6.06. The smallest absolute Gasteiger partial charge is 0.306 e. The minimum absolute atomic E-state index is 0.305. The molecule has 0 aromatic heterocycles. The van der Waals surface area contributed by atoms with E-state index < -0.39 is 20.2 Å². The standard InChI is InChI=1S/C17H20O6S2/c1-12-9-14(5-7-16(12)22-24(3,18)19)11-15-6-8-17(13(2)10-15)23-25(4,20)21/h5-10H,11H2,1-4H3. The van der Waals surface area contributed by atoms with Crippen LogP contribution in [0.15, 0.2) is 36.4 Å². The lowest BCUT2D eigenvalue weighted by Gasteiger charge is -2.11. The molecule has 8 heteroatoms. The Morgan fingerprint density at radius 3 is 1.36 bits per heavy atom. The molecule has 0 aliphatic rings. The van der Waals surface area contributed by atoms with Gasteiger partial charge in [-0.1, -0.05) is 24.3 Å². The SMILES string of the molecule is Cc1cc(Cc2ccc(OS(C)(=O)=O)c(C)c2)ccc1OS(C)(=O)=O. The van der Waals surface area contributed by atoms with Crippen molar-refractivity contribution in [3.05, 3.63) is 58.7 Å². The van der Waals surface area contributed by atoms with Crippen molar-refractivity contribution in [1.29, 1.82) is 0 Å². The van der Waals surface area contributed by atoms with Gasteiger partial charge in [0.2, 0.25) is 0 Å². The summed E-state index contributed by atoms with van der Waals surface area (Å²) in [6.45, 7) is 3.55. The van der Waals surface area contributed by atoms with Crippen LogP contribution in [0.5, 0.6) is 11.5 Å². The molecule has 0 N–H and O–H groups in total. The van der Waals surface area contributed by atoms with Crippen molar-refractivity contribution in [1.82, 2.24) is 0 Å². The summed E-state index contributed by atoms with van der Waals surface area (Å²) in [7, 11) is -7.12. The molecule has 0 heterocycles. The van der Waals surface area contributed by atoms with Gasteiger partial charge in [-0.15, -0.1) is 0 Å². The quantitative estimate of drug-likeness (QED) is 0.712. The minimum atomic E-state index is -3.56. The number of rotatable bonds is 6. The summed E-state index contributed by atoms with van der Waals surface area (Å²) in [4.78, 5) is 0. The van der Waals surface area contributed by atoms with Crippen LogP contribution in [-0.4, -0.2) is 29.3 Å². The van der Waals surface area contributed by atoms with E-state index in [1.165, 1.54) is 0 Å². The van der Waals surface area contributed by atoms with Crippen LogP contribution in [-0.2, 0) is 26.7 Å². The third-order valence-electron chi connectivity index (χ3n) is 3.37. The lowest BCUT2D eigenvalue weighted by atomic mass is 10.0. The van der Waals surface area contributed by atoms with Crippen LogP contribution in [0.3, 0.4) is 0 Å². The maximum Gasteiger partial charge on any atom is 0.306 e. The molecule has 0 unspecified atom stereocenters. The molecule has 0 aliphatic heterocycles. The van der Waals surface area contributed by atoms with Crippen LogP contribution in [0.25, 0.3) is 0 Å². The second-order valence-corrected chi connectivity index (χ2v) is 9.10. The lowest BCUT2D eigenvalue weighted by Crippen LogP contribution is -2.07. The van der Waals surface area contributed by atoms with Crippen molar-refractivity contribution in [2.75, 3.05) is 12.5 Å². The monoisotopic (exact) mass is 384 g/mol. The molecule has 0 spiro atoms. The first-order valence-corrected chi connectivity index (χ1v) is 11.0. The topological polar surface area (TPSA) is 86.7 Å². The summed E-state index contributed by atoms with van der Waals surface area (Å²) < 4.78 is 54.7. The van der Waals surface area contributed by atoms with Gasteiger partial charge in [0, 0.05) is 0 Å². The Morgan fingerprint density at radius 1 is 0.720 bits per heavy atom. The molecule has 0 saturated carbocycles. The number of aryl methyl sites for hydroxylation is 2. The molecular formula is C17H20O6S2. The summed E-state index contributed by atoms with van der Waals surface area (Å²) in [5.74, 6) is 0.610. The van der Waals surface area contributed by atoms with Crippen molar-refractivity contribution in [3.63, 3.8) is 0 Å². The Bertz CT molecular complexity index is 910. The van der Waals surface area contributed by atoms with Crippen LogP contribution in [0.1, 0.15) is 22.3 Å². The molecule has 0 aliphatic carbocycles. The molecule has 136 valence electrons. The van der Waals surface area contributed by atoms with Gasteiger partial charge >= 0.3 is 20.2 Å². The zero-order valence-corrected chi connectivity index (χ0v) is 16.1. The molecule has 2 rings (SSSR count). The highest BCUT2D eigenvalue weighted by molar-refractivity contribution is 7.86. The first kappa shape index (κ1) is 19.3. The molecule has 0 saturated heterocycles. The molecule has 0 fully saturated rings. The van der Waals surface area contributed by atoms with Gasteiger partial charge in [0.15, 0.2) is 0 Å². The maximum absolute atomic E-state index is 11.2. The molecule has 2 aromatic carbocycles. The van der Waals surface area contributed by atoms with Gasteiger partial charge in [0.1, 0.15) is 11.5 Å². The van der Waals surface area contributed by atoms with Crippen LogP contribution in [0, 0.1) is 13.8 Å². The van der Waals surface area contributed by atoms with Gasteiger partial charge in [-0.25, -0.2) is 0 Å². The molecule has 2 aromatic rings. The second-order valence-electron chi connectivity index (χ2n) is 5.95. The summed E-state index contributed by atoms with van der Waals surface area (Å²) in [6, 6.07) is 10.6. The normalized spacial score (nSPS) is 12.0. The molecule has 25 heavy (non-hydrogen) atoms. The van der Waals surface area contributed by atoms with Gasteiger partial charge in [0.25, 0.3) is 0 Å². The zero-order chi connectivity index (χ0) is 18.8. The van der Waals surface area contributed by atoms with E-state index in [4.69, 9.17) is 8.37 Å². The van der Waals surface area contributed by atoms with E-state index in [9.17, 15) is 16.8 Å². The van der Waals surface area contributed by atoms with Gasteiger partial charge in [-0.3, -0.25) is 0 Å². The highest BCUT2D eigenvalue weighted by Gasteiger charge is 2.10. The van der Waals surface area contributed by atoms with E-state index in [2.05, 4.69) is 0 Å². The summed E-state index contributed by atoms with van der Waals surface area (Å²) in [5, 5.41) is 0. The average Bonchev–Trinajstić information content (AvgIpc) is 2.42. The fraction of sp³-hybridized carbons (Fsp3) is 0.294.